The zero-order valence-electron chi connectivity index (χ0n) is 9.55. The fourth-order valence-electron chi connectivity index (χ4n) is 1.72. The van der Waals surface area contributed by atoms with Gasteiger partial charge < -0.3 is 10.6 Å². The Labute approximate surface area is 88.1 Å². The van der Waals surface area contributed by atoms with E-state index in [4.69, 9.17) is 5.73 Å². The van der Waals surface area contributed by atoms with Crippen molar-refractivity contribution in [1.29, 1.82) is 0 Å². The maximum Gasteiger partial charge on any atom is 0.222 e. The third-order valence-electron chi connectivity index (χ3n) is 2.96. The van der Waals surface area contributed by atoms with Crippen molar-refractivity contribution in [3.63, 3.8) is 0 Å². The average molecular weight is 200 g/mol. The molecule has 0 atom stereocenters. The van der Waals surface area contributed by atoms with E-state index in [2.05, 4.69) is 4.90 Å². The number of carbonyl (C=O) groups is 1. The number of carbonyl (C=O) groups excluding carboxylic acids is 1. The minimum Gasteiger partial charge on any atom is -0.369 e. The lowest BCUT2D eigenvalue weighted by Gasteiger charge is -2.10. The van der Waals surface area contributed by atoms with E-state index in [1.54, 1.807) is 20.8 Å². The Kier molecular flexibility index (Phi) is 3.53. The van der Waals surface area contributed by atoms with Crippen LogP contribution in [0.1, 0.15) is 35.0 Å². The summed E-state index contributed by atoms with van der Waals surface area (Å²) in [5.41, 5.74) is 4.57. The molecule has 2 N–H and O–H groups in total. The van der Waals surface area contributed by atoms with E-state index in [9.17, 15) is 4.79 Å². The summed E-state index contributed by atoms with van der Waals surface area (Å²) in [6, 6.07) is 0. The van der Waals surface area contributed by atoms with Gasteiger partial charge in [-0.2, -0.15) is 0 Å². The predicted octanol–water partition coefficient (Wildman–Crippen LogP) is 1.48. The van der Waals surface area contributed by atoms with Crippen LogP contribution in [-0.4, -0.2) is 30.4 Å². The summed E-state index contributed by atoms with van der Waals surface area (Å²) in [5, 5.41) is 0. The van der Waals surface area contributed by atoms with E-state index in [1.807, 2.05) is 0 Å². The lowest BCUT2D eigenvalue weighted by atomic mass is 9.96. The second kappa shape index (κ2) is 4.30. The molecule has 0 aromatic carbocycles. The molecule has 0 unspecified atom stereocenters. The largest absolute Gasteiger partial charge is 0.369 e. The summed E-state index contributed by atoms with van der Waals surface area (Å²) in [6.07, 6.45) is 2.97. The van der Waals surface area contributed by atoms with Crippen molar-refractivity contribution in [1.82, 2.24) is 4.90 Å². The zero-order valence-corrected chi connectivity index (χ0v) is 9.55. The number of nitrogens with two attached hydrogens (primary N) is 1. The van der Waals surface area contributed by atoms with Crippen molar-refractivity contribution in [3.8, 4) is 0 Å². The van der Waals surface area contributed by atoms with Gasteiger partial charge in [0.25, 0.3) is 0 Å². The van der Waals surface area contributed by atoms with Crippen LogP contribution in [0.2, 0.25) is 0 Å². The highest BCUT2D eigenvalue weighted by molar-refractivity contribution is 5.79. The van der Waals surface area contributed by atoms with E-state index in [0.29, 0.717) is 0 Å². The molecule has 1 amide bonds. The molecule has 2 heterocycles. The van der Waals surface area contributed by atoms with Crippen LogP contribution in [0.4, 0.5) is 0 Å². The number of hydrogen-bond donors (Lipinski definition) is 1. The number of primary amides is 1. The van der Waals surface area contributed by atoms with Crippen LogP contribution in [0.3, 0.4) is 0 Å². The SMILES string of the molecule is C1CN2CCC1C2.CC(C)(C)C(N)=O.[HH]. The minimum atomic E-state index is -0.361. The smallest absolute Gasteiger partial charge is 0.222 e. The Balaban J connectivity index is 0.000000245. The van der Waals surface area contributed by atoms with Crippen LogP contribution in [0.25, 0.3) is 0 Å². The summed E-state index contributed by atoms with van der Waals surface area (Å²) in [7, 11) is 0. The molecule has 2 aliphatic heterocycles. The van der Waals surface area contributed by atoms with Gasteiger partial charge in [0.05, 0.1) is 0 Å². The van der Waals surface area contributed by atoms with Crippen LogP contribution in [0, 0.1) is 11.3 Å². The van der Waals surface area contributed by atoms with Crippen LogP contribution in [-0.2, 0) is 4.79 Å². The van der Waals surface area contributed by atoms with Gasteiger partial charge in [0, 0.05) is 13.4 Å². The molecule has 0 aliphatic carbocycles. The van der Waals surface area contributed by atoms with Crippen LogP contribution in [0.5, 0.6) is 0 Å². The summed E-state index contributed by atoms with van der Waals surface area (Å²) in [6.45, 7) is 9.56. The monoisotopic (exact) mass is 200 g/mol. The lowest BCUT2D eigenvalue weighted by Crippen LogP contribution is -2.27. The quantitative estimate of drug-likeness (QED) is 0.643. The van der Waals surface area contributed by atoms with Crippen LogP contribution >= 0.6 is 0 Å². The van der Waals surface area contributed by atoms with Gasteiger partial charge in [0.1, 0.15) is 0 Å². The molecule has 0 radical (unpaired) electrons. The Bertz CT molecular complexity index is 195. The summed E-state index contributed by atoms with van der Waals surface area (Å²) >= 11 is 0. The van der Waals surface area contributed by atoms with Crippen LogP contribution < -0.4 is 5.73 Å². The highest BCUT2D eigenvalue weighted by Gasteiger charge is 2.28. The molecule has 2 rings (SSSR count). The molecular weight excluding hydrogens is 176 g/mol. The average Bonchev–Trinajstić information content (AvgIpc) is 2.65. The standard InChI is InChI=1S/C6H11N.C5H11NO.H2/c1-3-7-4-2-6(1)5-7;1-5(2,3)4(6)7;/h6H,1-5H2;1-3H3,(H2,6,7);1H. The fraction of sp³-hybridized carbons (Fsp3) is 0.909. The lowest BCUT2D eigenvalue weighted by molar-refractivity contribution is -0.125. The van der Waals surface area contributed by atoms with Gasteiger partial charge in [-0.15, -0.1) is 0 Å². The third kappa shape index (κ3) is 3.29. The highest BCUT2D eigenvalue weighted by Crippen LogP contribution is 2.26. The molecule has 84 valence electrons. The summed E-state index contributed by atoms with van der Waals surface area (Å²) in [4.78, 5) is 12.8. The predicted molar refractivity (Wildman–Crippen MR) is 59.9 cm³/mol. The fourth-order valence-corrected chi connectivity index (χ4v) is 1.72. The second-order valence-electron chi connectivity index (χ2n) is 5.36. The van der Waals surface area contributed by atoms with E-state index >= 15 is 0 Å². The molecule has 0 aromatic heterocycles. The van der Waals surface area contributed by atoms with E-state index < -0.39 is 0 Å². The van der Waals surface area contributed by atoms with Gasteiger partial charge in [-0.05, 0) is 31.8 Å². The van der Waals surface area contributed by atoms with Gasteiger partial charge in [0.15, 0.2) is 0 Å². The normalized spacial score (nSPS) is 29.6. The maximum absolute atomic E-state index is 10.2. The number of piperidine rings is 1. The Morgan fingerprint density at radius 2 is 1.79 bits per heavy atom. The van der Waals surface area contributed by atoms with Crippen molar-refractivity contribution in [2.75, 3.05) is 19.6 Å². The zero-order chi connectivity index (χ0) is 10.8. The Morgan fingerprint density at radius 3 is 1.86 bits per heavy atom. The number of amides is 1. The van der Waals surface area contributed by atoms with Crippen molar-refractivity contribution in [2.24, 2.45) is 17.1 Å². The first-order valence-electron chi connectivity index (χ1n) is 5.42. The topological polar surface area (TPSA) is 46.3 Å². The van der Waals surface area contributed by atoms with Gasteiger partial charge in [-0.3, -0.25) is 4.79 Å². The summed E-state index contributed by atoms with van der Waals surface area (Å²) < 4.78 is 0. The third-order valence-corrected chi connectivity index (χ3v) is 2.96. The first kappa shape index (κ1) is 11.5. The Hall–Kier alpha value is -0.570. The molecule has 2 saturated heterocycles. The number of fused-ring (bicyclic) bond motifs is 2. The van der Waals surface area contributed by atoms with Crippen molar-refractivity contribution in [2.45, 2.75) is 33.6 Å². The highest BCUT2D eigenvalue weighted by atomic mass is 16.1. The molecule has 0 spiro atoms. The molecule has 0 saturated carbocycles. The first-order chi connectivity index (χ1) is 6.39. The first-order valence-corrected chi connectivity index (χ1v) is 5.42. The van der Waals surface area contributed by atoms with E-state index in [1.165, 1.54) is 32.5 Å². The maximum atomic E-state index is 10.2. The van der Waals surface area contributed by atoms with E-state index in [0.717, 1.165) is 5.92 Å². The number of nitrogens with zero attached hydrogens (tertiary/aromatic N) is 1. The number of hydrogen-bond acceptors (Lipinski definition) is 2. The van der Waals surface area contributed by atoms with Gasteiger partial charge in [-0.25, -0.2) is 0 Å². The van der Waals surface area contributed by atoms with Gasteiger partial charge in [0.2, 0.25) is 5.91 Å². The number of rotatable bonds is 0. The minimum absolute atomic E-state index is 0. The van der Waals surface area contributed by atoms with Crippen molar-refractivity contribution < 1.29 is 6.22 Å². The molecule has 2 aliphatic rings. The van der Waals surface area contributed by atoms with Crippen LogP contribution in [0.15, 0.2) is 0 Å². The molecule has 3 nitrogen and oxygen atoms in total. The molecule has 14 heavy (non-hydrogen) atoms. The van der Waals surface area contributed by atoms with Crippen molar-refractivity contribution >= 4 is 5.91 Å². The molecule has 3 heteroatoms. The second-order valence-corrected chi connectivity index (χ2v) is 5.36. The summed E-state index contributed by atoms with van der Waals surface area (Å²) in [5.74, 6) is 0.840. The van der Waals surface area contributed by atoms with Gasteiger partial charge >= 0.3 is 0 Å². The Morgan fingerprint density at radius 1 is 1.36 bits per heavy atom. The molecule has 2 fully saturated rings. The molecule has 2 bridgehead atoms. The molecular formula is C11H24N2O. The van der Waals surface area contributed by atoms with E-state index in [-0.39, 0.29) is 12.7 Å². The van der Waals surface area contributed by atoms with Gasteiger partial charge in [-0.1, -0.05) is 20.8 Å². The molecule has 0 aromatic rings. The van der Waals surface area contributed by atoms with Crippen molar-refractivity contribution in [3.05, 3.63) is 0 Å².